The molecule has 1 aliphatic carbocycles. The highest BCUT2D eigenvalue weighted by molar-refractivity contribution is 6.39. The molecule has 0 saturated heterocycles. The number of benzene rings is 2. The number of carbonyl (C=O) groups is 1. The van der Waals surface area contributed by atoms with Gasteiger partial charge in [-0.2, -0.15) is 0 Å². The average Bonchev–Trinajstić information content (AvgIpc) is 2.79. The van der Waals surface area contributed by atoms with E-state index in [0.717, 1.165) is 29.8 Å². The van der Waals surface area contributed by atoms with Gasteiger partial charge in [0.15, 0.2) is 0 Å². The van der Waals surface area contributed by atoms with Crippen molar-refractivity contribution in [3.63, 3.8) is 0 Å². The third-order valence-electron chi connectivity index (χ3n) is 6.05. The second kappa shape index (κ2) is 11.8. The highest BCUT2D eigenvalue weighted by atomic mass is 35.5. The van der Waals surface area contributed by atoms with Crippen LogP contribution in [0.1, 0.15) is 62.5 Å². The summed E-state index contributed by atoms with van der Waals surface area (Å²) in [7, 11) is 0. The molecule has 0 bridgehead atoms. The molecule has 0 radical (unpaired) electrons. The van der Waals surface area contributed by atoms with Crippen molar-refractivity contribution in [1.82, 2.24) is 10.6 Å². The number of aryl methyl sites for hydroxylation is 1. The van der Waals surface area contributed by atoms with Crippen LogP contribution >= 0.6 is 23.2 Å². The summed E-state index contributed by atoms with van der Waals surface area (Å²) in [6, 6.07) is 12.2. The smallest absolute Gasteiger partial charge is 0.227 e. The number of hydrogen-bond donors (Lipinski definition) is 3. The number of nitrogens with one attached hydrogen (secondary N) is 3. The van der Waals surface area contributed by atoms with Crippen LogP contribution in [0.25, 0.3) is 0 Å². The topological polar surface area (TPSA) is 53.2 Å². The van der Waals surface area contributed by atoms with Gasteiger partial charge in [-0.15, -0.1) is 0 Å². The van der Waals surface area contributed by atoms with Crippen molar-refractivity contribution in [2.45, 2.75) is 64.3 Å². The normalized spacial score (nSPS) is 15.5. The zero-order valence-corrected chi connectivity index (χ0v) is 20.0. The second-order valence-electron chi connectivity index (χ2n) is 8.46. The van der Waals surface area contributed by atoms with E-state index in [-0.39, 0.29) is 11.8 Å². The predicted molar refractivity (Wildman–Crippen MR) is 132 cm³/mol. The van der Waals surface area contributed by atoms with E-state index in [1.165, 1.54) is 32.1 Å². The molecule has 4 nitrogen and oxygen atoms in total. The van der Waals surface area contributed by atoms with Gasteiger partial charge in [0.2, 0.25) is 5.91 Å². The van der Waals surface area contributed by atoms with Crippen LogP contribution < -0.4 is 16.0 Å². The standard InChI is InChI=1S/C25H33Cl2N3O/c1-17-9-14-22(26)24(23(17)27)30-21-12-10-19(11-13-21)18(2)25(31)29-16-6-15-28-20-7-4-3-5-8-20/h9-14,18,20,28,30H,3-8,15-16H2,1-2H3,(H,29,31). The highest BCUT2D eigenvalue weighted by Gasteiger charge is 2.16. The monoisotopic (exact) mass is 461 g/mol. The molecule has 2 aromatic carbocycles. The zero-order valence-electron chi connectivity index (χ0n) is 18.4. The molecular formula is C25H33Cl2N3O. The summed E-state index contributed by atoms with van der Waals surface area (Å²) in [6.45, 7) is 5.54. The third-order valence-corrected chi connectivity index (χ3v) is 6.85. The number of carbonyl (C=O) groups excluding carboxylic acids is 1. The molecule has 1 amide bonds. The van der Waals surface area contributed by atoms with E-state index in [1.54, 1.807) is 0 Å². The van der Waals surface area contributed by atoms with E-state index in [2.05, 4.69) is 16.0 Å². The summed E-state index contributed by atoms with van der Waals surface area (Å²) in [5, 5.41) is 11.1. The lowest BCUT2D eigenvalue weighted by Gasteiger charge is -2.22. The lowest BCUT2D eigenvalue weighted by Crippen LogP contribution is -2.34. The maximum atomic E-state index is 12.5. The number of amides is 1. The van der Waals surface area contributed by atoms with Crippen molar-refractivity contribution in [3.8, 4) is 0 Å². The summed E-state index contributed by atoms with van der Waals surface area (Å²) in [4.78, 5) is 12.5. The van der Waals surface area contributed by atoms with E-state index in [4.69, 9.17) is 23.2 Å². The van der Waals surface area contributed by atoms with Crippen LogP contribution in [0.4, 0.5) is 11.4 Å². The molecule has 3 rings (SSSR count). The van der Waals surface area contributed by atoms with Crippen LogP contribution in [0, 0.1) is 6.92 Å². The molecule has 0 aliphatic heterocycles. The molecule has 31 heavy (non-hydrogen) atoms. The highest BCUT2D eigenvalue weighted by Crippen LogP contribution is 2.35. The number of halogens is 2. The van der Waals surface area contributed by atoms with Crippen LogP contribution in [0.2, 0.25) is 10.0 Å². The van der Waals surface area contributed by atoms with Crippen molar-refractivity contribution in [1.29, 1.82) is 0 Å². The summed E-state index contributed by atoms with van der Waals surface area (Å²) < 4.78 is 0. The Morgan fingerprint density at radius 3 is 2.45 bits per heavy atom. The SMILES string of the molecule is Cc1ccc(Cl)c(Nc2ccc(C(C)C(=O)NCCCNC3CCCCC3)cc2)c1Cl. The molecule has 1 unspecified atom stereocenters. The number of anilines is 2. The minimum absolute atomic E-state index is 0.0585. The van der Waals surface area contributed by atoms with Crippen LogP contribution in [0.5, 0.6) is 0 Å². The first-order valence-electron chi connectivity index (χ1n) is 11.3. The van der Waals surface area contributed by atoms with Gasteiger partial charge in [0.1, 0.15) is 0 Å². The summed E-state index contributed by atoms with van der Waals surface area (Å²) in [5.74, 6) is -0.144. The van der Waals surface area contributed by atoms with Crippen molar-refractivity contribution < 1.29 is 4.79 Å². The van der Waals surface area contributed by atoms with Crippen LogP contribution in [-0.4, -0.2) is 25.0 Å². The van der Waals surface area contributed by atoms with E-state index in [0.29, 0.717) is 28.3 Å². The van der Waals surface area contributed by atoms with E-state index in [1.807, 2.05) is 50.2 Å². The molecule has 3 N–H and O–H groups in total. The largest absolute Gasteiger partial charge is 0.356 e. The molecule has 0 aromatic heterocycles. The van der Waals surface area contributed by atoms with Crippen LogP contribution in [0.15, 0.2) is 36.4 Å². The van der Waals surface area contributed by atoms with Crippen molar-refractivity contribution in [3.05, 3.63) is 57.6 Å². The molecule has 168 valence electrons. The van der Waals surface area contributed by atoms with Crippen LogP contribution in [-0.2, 0) is 4.79 Å². The summed E-state index contributed by atoms with van der Waals surface area (Å²) >= 11 is 12.7. The molecule has 0 spiro atoms. The lowest BCUT2D eigenvalue weighted by molar-refractivity contribution is -0.122. The second-order valence-corrected chi connectivity index (χ2v) is 9.24. The first-order chi connectivity index (χ1) is 15.0. The van der Waals surface area contributed by atoms with Gasteiger partial charge in [-0.25, -0.2) is 0 Å². The molecule has 1 atom stereocenters. The Hall–Kier alpha value is -1.75. The van der Waals surface area contributed by atoms with Crippen molar-refractivity contribution >= 4 is 40.5 Å². The Labute approximate surface area is 196 Å². The van der Waals surface area contributed by atoms with Gasteiger partial charge in [0, 0.05) is 18.3 Å². The predicted octanol–water partition coefficient (Wildman–Crippen LogP) is 6.58. The molecule has 2 aromatic rings. The van der Waals surface area contributed by atoms with E-state index >= 15 is 0 Å². The van der Waals surface area contributed by atoms with Gasteiger partial charge in [-0.1, -0.05) is 60.7 Å². The maximum Gasteiger partial charge on any atom is 0.227 e. The van der Waals surface area contributed by atoms with Gasteiger partial charge >= 0.3 is 0 Å². The molecule has 6 heteroatoms. The third kappa shape index (κ3) is 6.86. The minimum Gasteiger partial charge on any atom is -0.356 e. The quantitative estimate of drug-likeness (QED) is 0.369. The minimum atomic E-state index is -0.202. The lowest BCUT2D eigenvalue weighted by atomic mass is 9.95. The van der Waals surface area contributed by atoms with E-state index in [9.17, 15) is 4.79 Å². The fourth-order valence-corrected chi connectivity index (χ4v) is 4.45. The Morgan fingerprint density at radius 2 is 1.74 bits per heavy atom. The Balaban J connectivity index is 1.45. The van der Waals surface area contributed by atoms with Crippen molar-refractivity contribution in [2.75, 3.05) is 18.4 Å². The van der Waals surface area contributed by atoms with Gasteiger partial charge in [-0.05, 0) is 69.0 Å². The molecule has 1 saturated carbocycles. The Bertz CT molecular complexity index is 864. The molecular weight excluding hydrogens is 429 g/mol. The fraction of sp³-hybridized carbons (Fsp3) is 0.480. The van der Waals surface area contributed by atoms with Crippen molar-refractivity contribution in [2.24, 2.45) is 0 Å². The number of hydrogen-bond acceptors (Lipinski definition) is 3. The fourth-order valence-electron chi connectivity index (χ4n) is 3.99. The molecule has 1 aliphatic rings. The van der Waals surface area contributed by atoms with Gasteiger partial charge in [0.05, 0.1) is 21.7 Å². The Kier molecular flexibility index (Phi) is 9.06. The molecule has 1 fully saturated rings. The van der Waals surface area contributed by atoms with Gasteiger partial charge in [-0.3, -0.25) is 4.79 Å². The zero-order chi connectivity index (χ0) is 22.2. The number of rotatable bonds is 9. The summed E-state index contributed by atoms with van der Waals surface area (Å²) in [6.07, 6.45) is 7.58. The first-order valence-corrected chi connectivity index (χ1v) is 12.0. The van der Waals surface area contributed by atoms with Crippen LogP contribution in [0.3, 0.4) is 0 Å². The van der Waals surface area contributed by atoms with Gasteiger partial charge in [0.25, 0.3) is 0 Å². The Morgan fingerprint density at radius 1 is 1.03 bits per heavy atom. The maximum absolute atomic E-state index is 12.5. The summed E-state index contributed by atoms with van der Waals surface area (Å²) in [5.41, 5.74) is 3.51. The van der Waals surface area contributed by atoms with Gasteiger partial charge < -0.3 is 16.0 Å². The van der Waals surface area contributed by atoms with E-state index < -0.39 is 0 Å². The average molecular weight is 462 g/mol. The molecule has 0 heterocycles. The first kappa shape index (κ1) is 23.9.